The Balaban J connectivity index is 1.98. The first kappa shape index (κ1) is 25.6. The van der Waals surface area contributed by atoms with Gasteiger partial charge in [0.15, 0.2) is 0 Å². The average Bonchev–Trinajstić information content (AvgIpc) is 3.04. The predicted molar refractivity (Wildman–Crippen MR) is 118 cm³/mol. The van der Waals surface area contributed by atoms with Crippen molar-refractivity contribution in [3.8, 4) is 0 Å². The van der Waals surface area contributed by atoms with Crippen molar-refractivity contribution in [1.82, 2.24) is 0 Å². The molecule has 10 nitrogen and oxygen atoms in total. The van der Waals surface area contributed by atoms with Gasteiger partial charge in [0, 0.05) is 43.8 Å². The summed E-state index contributed by atoms with van der Waals surface area (Å²) in [5, 5.41) is 23.2. The van der Waals surface area contributed by atoms with Crippen molar-refractivity contribution in [1.29, 1.82) is 0 Å². The SMILES string of the molecule is COC(=O)[C@]1(C)CCC[C@@]2(C)[C@@H]3C[C@]4(O)OC(=O)C=C4[C@@](C)(O)[C@H]3[C@@H](OC(C)=O)[C@@H](OC(C)=O)[C@@H]21. The minimum Gasteiger partial charge on any atom is -0.469 e. The third-order valence-electron chi connectivity index (χ3n) is 8.99. The van der Waals surface area contributed by atoms with E-state index in [1.165, 1.54) is 27.9 Å². The minimum atomic E-state index is -2.04. The first-order chi connectivity index (χ1) is 16.1. The second-order valence-corrected chi connectivity index (χ2v) is 11.1. The highest BCUT2D eigenvalue weighted by Gasteiger charge is 2.74. The largest absolute Gasteiger partial charge is 0.469 e. The van der Waals surface area contributed by atoms with Crippen molar-refractivity contribution >= 4 is 23.9 Å². The number of esters is 4. The zero-order valence-corrected chi connectivity index (χ0v) is 21.0. The summed E-state index contributed by atoms with van der Waals surface area (Å²) in [5.74, 6) is -6.71. The van der Waals surface area contributed by atoms with Gasteiger partial charge in [-0.25, -0.2) is 4.79 Å². The van der Waals surface area contributed by atoms with Crippen LogP contribution in [0.25, 0.3) is 0 Å². The molecular formula is C25H34O10. The van der Waals surface area contributed by atoms with Crippen LogP contribution in [-0.4, -0.2) is 64.8 Å². The summed E-state index contributed by atoms with van der Waals surface area (Å²) in [7, 11) is 1.29. The third-order valence-corrected chi connectivity index (χ3v) is 8.99. The Labute approximate surface area is 203 Å². The lowest BCUT2D eigenvalue weighted by Gasteiger charge is -2.66. The lowest BCUT2D eigenvalue weighted by Crippen LogP contribution is -2.73. The maximum Gasteiger partial charge on any atom is 0.333 e. The molecule has 4 aliphatic rings. The number of methoxy groups -OCH3 is 1. The van der Waals surface area contributed by atoms with Gasteiger partial charge in [0.1, 0.15) is 12.2 Å². The van der Waals surface area contributed by atoms with Crippen LogP contribution in [0.5, 0.6) is 0 Å². The topological polar surface area (TPSA) is 146 Å². The Kier molecular flexibility index (Phi) is 5.88. The maximum atomic E-state index is 13.2. The van der Waals surface area contributed by atoms with Gasteiger partial charge in [0.2, 0.25) is 5.79 Å². The first-order valence-corrected chi connectivity index (χ1v) is 11.9. The van der Waals surface area contributed by atoms with Crippen molar-refractivity contribution in [2.75, 3.05) is 7.11 Å². The van der Waals surface area contributed by atoms with Crippen molar-refractivity contribution in [3.05, 3.63) is 11.6 Å². The molecular weight excluding hydrogens is 460 g/mol. The molecule has 194 valence electrons. The van der Waals surface area contributed by atoms with Gasteiger partial charge in [-0.15, -0.1) is 0 Å². The highest BCUT2D eigenvalue weighted by Crippen LogP contribution is 2.68. The zero-order chi connectivity index (χ0) is 26.1. The van der Waals surface area contributed by atoms with Crippen LogP contribution >= 0.6 is 0 Å². The van der Waals surface area contributed by atoms with Crippen LogP contribution in [0.1, 0.15) is 60.3 Å². The molecule has 3 fully saturated rings. The molecule has 10 heteroatoms. The van der Waals surface area contributed by atoms with Crippen LogP contribution < -0.4 is 0 Å². The van der Waals surface area contributed by atoms with Crippen molar-refractivity contribution in [3.63, 3.8) is 0 Å². The molecule has 1 aliphatic heterocycles. The Morgan fingerprint density at radius 3 is 2.20 bits per heavy atom. The van der Waals surface area contributed by atoms with Crippen LogP contribution in [0.15, 0.2) is 11.6 Å². The van der Waals surface area contributed by atoms with E-state index in [1.54, 1.807) is 6.92 Å². The summed E-state index contributed by atoms with van der Waals surface area (Å²) < 4.78 is 22.0. The molecule has 0 saturated heterocycles. The van der Waals surface area contributed by atoms with E-state index in [4.69, 9.17) is 18.9 Å². The second kappa shape index (κ2) is 8.03. The molecule has 0 aromatic rings. The molecule has 9 atom stereocenters. The molecule has 4 rings (SSSR count). The Morgan fingerprint density at radius 1 is 1.03 bits per heavy atom. The summed E-state index contributed by atoms with van der Waals surface area (Å²) in [4.78, 5) is 50.0. The van der Waals surface area contributed by atoms with E-state index in [0.717, 1.165) is 6.08 Å². The van der Waals surface area contributed by atoms with Crippen LogP contribution in [-0.2, 0) is 38.1 Å². The van der Waals surface area contributed by atoms with Crippen LogP contribution in [0.2, 0.25) is 0 Å². The second-order valence-electron chi connectivity index (χ2n) is 11.1. The molecule has 35 heavy (non-hydrogen) atoms. The molecule has 0 bridgehead atoms. The summed E-state index contributed by atoms with van der Waals surface area (Å²) in [6, 6.07) is 0. The normalized spacial score (nSPS) is 46.2. The van der Waals surface area contributed by atoms with Gasteiger partial charge in [0.25, 0.3) is 0 Å². The molecule has 3 aliphatic carbocycles. The highest BCUT2D eigenvalue weighted by molar-refractivity contribution is 5.87. The van der Waals surface area contributed by atoms with Gasteiger partial charge in [-0.3, -0.25) is 14.4 Å². The molecule has 0 spiro atoms. The lowest BCUT2D eigenvalue weighted by atomic mass is 9.40. The van der Waals surface area contributed by atoms with Crippen LogP contribution in [0, 0.1) is 28.6 Å². The highest BCUT2D eigenvalue weighted by atomic mass is 16.7. The fourth-order valence-electron chi connectivity index (χ4n) is 7.91. The predicted octanol–water partition coefficient (Wildman–Crippen LogP) is 1.41. The number of carbonyl (C=O) groups is 4. The van der Waals surface area contributed by atoms with Crippen molar-refractivity contribution in [2.45, 2.75) is 83.9 Å². The Morgan fingerprint density at radius 2 is 1.63 bits per heavy atom. The van der Waals surface area contributed by atoms with Gasteiger partial charge in [0.05, 0.1) is 18.1 Å². The molecule has 2 N–H and O–H groups in total. The fraction of sp³-hybridized carbons (Fsp3) is 0.760. The zero-order valence-electron chi connectivity index (χ0n) is 21.0. The summed E-state index contributed by atoms with van der Waals surface area (Å²) in [5.41, 5.74) is -3.77. The van der Waals surface area contributed by atoms with E-state index in [1.807, 2.05) is 6.92 Å². The number of hydrogen-bond donors (Lipinski definition) is 2. The standard InChI is InChI=1S/C25H34O10/c1-12(26)33-18-17-14(11-25(31)15(24(17,5)30)10-16(28)35-25)22(3)8-7-9-23(4,21(29)32-6)20(22)19(18)34-13(2)27/h10,14,17-20,30-31H,7-9,11H2,1-6H3/t14-,17-,18-,19-,20+,22+,23-,24-,25+/m1/s1. The number of ether oxygens (including phenoxy) is 4. The average molecular weight is 495 g/mol. The number of fused-ring (bicyclic) bond motifs is 4. The quantitative estimate of drug-likeness (QED) is 0.436. The smallest absolute Gasteiger partial charge is 0.333 e. The van der Waals surface area contributed by atoms with Gasteiger partial charge >= 0.3 is 23.9 Å². The molecule has 0 amide bonds. The summed E-state index contributed by atoms with van der Waals surface area (Å²) in [6.45, 7) is 7.57. The minimum absolute atomic E-state index is 0.0245. The van der Waals surface area contributed by atoms with Crippen LogP contribution in [0.4, 0.5) is 0 Å². The van der Waals surface area contributed by atoms with E-state index in [-0.39, 0.29) is 12.0 Å². The van der Waals surface area contributed by atoms with Crippen molar-refractivity contribution in [2.24, 2.45) is 28.6 Å². The summed E-state index contributed by atoms with van der Waals surface area (Å²) in [6.07, 6.45) is 0.421. The molecule has 0 aromatic carbocycles. The fourth-order valence-corrected chi connectivity index (χ4v) is 7.91. The number of carbonyl (C=O) groups excluding carboxylic acids is 4. The molecule has 1 heterocycles. The summed E-state index contributed by atoms with van der Waals surface area (Å²) >= 11 is 0. The first-order valence-electron chi connectivity index (χ1n) is 11.9. The molecule has 0 radical (unpaired) electrons. The van der Waals surface area contributed by atoms with E-state index >= 15 is 0 Å². The monoisotopic (exact) mass is 494 g/mol. The van der Waals surface area contributed by atoms with E-state index < -0.39 is 76.1 Å². The lowest BCUT2D eigenvalue weighted by molar-refractivity contribution is -0.289. The maximum absolute atomic E-state index is 13.2. The van der Waals surface area contributed by atoms with Gasteiger partial charge in [-0.2, -0.15) is 0 Å². The number of rotatable bonds is 3. The van der Waals surface area contributed by atoms with Crippen LogP contribution in [0.3, 0.4) is 0 Å². The third kappa shape index (κ3) is 3.59. The van der Waals surface area contributed by atoms with Gasteiger partial charge in [-0.1, -0.05) is 13.3 Å². The molecule has 0 unspecified atom stereocenters. The van der Waals surface area contributed by atoms with E-state index in [0.29, 0.717) is 19.3 Å². The number of hydrogen-bond acceptors (Lipinski definition) is 10. The number of aliphatic hydroxyl groups is 2. The Hall–Kier alpha value is -2.46. The Bertz CT molecular complexity index is 1000. The van der Waals surface area contributed by atoms with E-state index in [2.05, 4.69) is 0 Å². The van der Waals surface area contributed by atoms with Gasteiger partial charge < -0.3 is 29.2 Å². The molecule has 0 aromatic heterocycles. The molecule has 3 saturated carbocycles. The van der Waals surface area contributed by atoms with Gasteiger partial charge in [-0.05, 0) is 38.0 Å². The van der Waals surface area contributed by atoms with E-state index in [9.17, 15) is 29.4 Å². The van der Waals surface area contributed by atoms with Crippen molar-refractivity contribution < 1.29 is 48.3 Å².